The fraction of sp³-hybridized carbons (Fsp3) is 0.462. The molecule has 1 aromatic rings. The molecule has 1 aromatic carbocycles. The molecule has 1 N–H and O–H groups in total. The van der Waals surface area contributed by atoms with Crippen LogP contribution in [0.25, 0.3) is 0 Å². The van der Waals surface area contributed by atoms with Crippen LogP contribution in [0.4, 0.5) is 0 Å². The van der Waals surface area contributed by atoms with Crippen LogP contribution in [0.5, 0.6) is 0 Å². The van der Waals surface area contributed by atoms with Gasteiger partial charge in [-0.1, -0.05) is 59.1 Å². The van der Waals surface area contributed by atoms with Crippen molar-refractivity contribution in [2.75, 3.05) is 6.54 Å². The molecule has 0 spiro atoms. The Hall–Kier alpha value is -0.540. The number of hydrogen-bond donors (Lipinski definition) is 1. The van der Waals surface area contributed by atoms with E-state index in [4.69, 9.17) is 11.6 Å². The van der Waals surface area contributed by atoms with E-state index in [-0.39, 0.29) is 5.91 Å². The number of carbonyl (C=O) groups is 1. The normalized spacial score (nSPS) is 12.2. The van der Waals surface area contributed by atoms with E-state index in [1.165, 1.54) is 0 Å². The molecule has 94 valence electrons. The second kappa shape index (κ2) is 7.72. The lowest BCUT2D eigenvalue weighted by Crippen LogP contribution is -2.30. The summed E-state index contributed by atoms with van der Waals surface area (Å²) >= 11 is 9.52. The maximum atomic E-state index is 11.7. The van der Waals surface area contributed by atoms with Crippen molar-refractivity contribution >= 4 is 33.4 Å². The summed E-state index contributed by atoms with van der Waals surface area (Å²) in [6.07, 6.45) is 2.51. The molecular formula is C13H17BrClNO. The molecular weight excluding hydrogens is 302 g/mol. The van der Waals surface area contributed by atoms with E-state index < -0.39 is 0 Å². The SMILES string of the molecule is CCCC(Br)CNC(=O)Cc1ccccc1Cl. The Labute approximate surface area is 116 Å². The fourth-order valence-corrected chi connectivity index (χ4v) is 2.34. The molecule has 0 heterocycles. The number of halogens is 2. The van der Waals surface area contributed by atoms with Crippen LogP contribution in [0.15, 0.2) is 24.3 Å². The summed E-state index contributed by atoms with van der Waals surface area (Å²) in [6, 6.07) is 7.42. The summed E-state index contributed by atoms with van der Waals surface area (Å²) in [5, 5.41) is 3.54. The highest BCUT2D eigenvalue weighted by Crippen LogP contribution is 2.15. The molecule has 4 heteroatoms. The molecule has 0 aliphatic carbocycles. The van der Waals surface area contributed by atoms with Gasteiger partial charge in [0, 0.05) is 16.4 Å². The quantitative estimate of drug-likeness (QED) is 0.798. The van der Waals surface area contributed by atoms with E-state index in [1.807, 2.05) is 18.2 Å². The summed E-state index contributed by atoms with van der Waals surface area (Å²) in [5.74, 6) is 0.0126. The first-order chi connectivity index (χ1) is 8.13. The van der Waals surface area contributed by atoms with Crippen molar-refractivity contribution in [1.29, 1.82) is 0 Å². The molecule has 0 bridgehead atoms. The van der Waals surface area contributed by atoms with Crippen LogP contribution in [0.1, 0.15) is 25.3 Å². The molecule has 1 amide bonds. The summed E-state index contributed by atoms with van der Waals surface area (Å²) in [4.78, 5) is 12.0. The van der Waals surface area contributed by atoms with Crippen LogP contribution < -0.4 is 5.32 Å². The molecule has 1 rings (SSSR count). The number of hydrogen-bond acceptors (Lipinski definition) is 1. The summed E-state index contributed by atoms with van der Waals surface area (Å²) < 4.78 is 0. The lowest BCUT2D eigenvalue weighted by Gasteiger charge is -2.10. The highest BCUT2D eigenvalue weighted by Gasteiger charge is 2.08. The molecule has 0 radical (unpaired) electrons. The van der Waals surface area contributed by atoms with Gasteiger partial charge in [0.05, 0.1) is 6.42 Å². The van der Waals surface area contributed by atoms with Crippen molar-refractivity contribution in [2.24, 2.45) is 0 Å². The molecule has 0 fully saturated rings. The maximum Gasteiger partial charge on any atom is 0.224 e. The van der Waals surface area contributed by atoms with Gasteiger partial charge in [-0.15, -0.1) is 0 Å². The summed E-state index contributed by atoms with van der Waals surface area (Å²) in [6.45, 7) is 2.79. The van der Waals surface area contributed by atoms with Crippen molar-refractivity contribution < 1.29 is 4.79 Å². The molecule has 0 aromatic heterocycles. The molecule has 1 unspecified atom stereocenters. The number of alkyl halides is 1. The maximum absolute atomic E-state index is 11.7. The molecule has 2 nitrogen and oxygen atoms in total. The van der Waals surface area contributed by atoms with Crippen molar-refractivity contribution in [1.82, 2.24) is 5.32 Å². The lowest BCUT2D eigenvalue weighted by molar-refractivity contribution is -0.120. The third kappa shape index (κ3) is 5.55. The second-order valence-electron chi connectivity index (χ2n) is 3.96. The first-order valence-corrected chi connectivity index (χ1v) is 7.07. The van der Waals surface area contributed by atoms with Gasteiger partial charge in [0.15, 0.2) is 0 Å². The minimum atomic E-state index is 0.0126. The number of carbonyl (C=O) groups excluding carboxylic acids is 1. The van der Waals surface area contributed by atoms with E-state index in [0.29, 0.717) is 22.8 Å². The highest BCUT2D eigenvalue weighted by atomic mass is 79.9. The van der Waals surface area contributed by atoms with Crippen molar-refractivity contribution in [3.63, 3.8) is 0 Å². The topological polar surface area (TPSA) is 29.1 Å². The summed E-state index contributed by atoms with van der Waals surface area (Å²) in [5.41, 5.74) is 0.869. The zero-order valence-corrected chi connectivity index (χ0v) is 12.2. The smallest absolute Gasteiger partial charge is 0.224 e. The molecule has 17 heavy (non-hydrogen) atoms. The minimum Gasteiger partial charge on any atom is -0.355 e. The zero-order chi connectivity index (χ0) is 12.7. The number of benzene rings is 1. The van der Waals surface area contributed by atoms with Crippen LogP contribution in [0.3, 0.4) is 0 Å². The van der Waals surface area contributed by atoms with Gasteiger partial charge in [-0.3, -0.25) is 4.79 Å². The van der Waals surface area contributed by atoms with Crippen LogP contribution in [0.2, 0.25) is 5.02 Å². The standard InChI is InChI=1S/C13H17BrClNO/c1-2-5-11(14)9-16-13(17)8-10-6-3-4-7-12(10)15/h3-4,6-7,11H,2,5,8-9H2,1H3,(H,16,17). The number of rotatable bonds is 6. The Kier molecular flexibility index (Phi) is 6.60. The molecule has 0 aliphatic rings. The number of amides is 1. The van der Waals surface area contributed by atoms with Crippen LogP contribution in [0, 0.1) is 0 Å². The van der Waals surface area contributed by atoms with E-state index in [9.17, 15) is 4.79 Å². The van der Waals surface area contributed by atoms with Gasteiger partial charge in [0.1, 0.15) is 0 Å². The first kappa shape index (κ1) is 14.5. The highest BCUT2D eigenvalue weighted by molar-refractivity contribution is 9.09. The fourth-order valence-electron chi connectivity index (χ4n) is 1.52. The molecule has 0 aliphatic heterocycles. The summed E-state index contributed by atoms with van der Waals surface area (Å²) in [7, 11) is 0. The predicted molar refractivity (Wildman–Crippen MR) is 75.8 cm³/mol. The van der Waals surface area contributed by atoms with Gasteiger partial charge < -0.3 is 5.32 Å². The Morgan fingerprint density at radius 3 is 2.82 bits per heavy atom. The van der Waals surface area contributed by atoms with Gasteiger partial charge in [0.25, 0.3) is 0 Å². The molecule has 0 saturated carbocycles. The Bertz CT molecular complexity index is 370. The third-order valence-corrected chi connectivity index (χ3v) is 3.58. The molecule has 0 saturated heterocycles. The predicted octanol–water partition coefficient (Wildman–Crippen LogP) is 3.56. The van der Waals surface area contributed by atoms with Gasteiger partial charge in [-0.05, 0) is 18.1 Å². The van der Waals surface area contributed by atoms with E-state index in [1.54, 1.807) is 6.07 Å². The van der Waals surface area contributed by atoms with Crippen LogP contribution in [-0.4, -0.2) is 17.3 Å². The Balaban J connectivity index is 2.37. The number of nitrogens with one attached hydrogen (secondary N) is 1. The second-order valence-corrected chi connectivity index (χ2v) is 5.66. The van der Waals surface area contributed by atoms with E-state index >= 15 is 0 Å². The van der Waals surface area contributed by atoms with Crippen molar-refractivity contribution in [2.45, 2.75) is 31.0 Å². The molecule has 1 atom stereocenters. The first-order valence-electron chi connectivity index (χ1n) is 5.77. The monoisotopic (exact) mass is 317 g/mol. The van der Waals surface area contributed by atoms with Crippen molar-refractivity contribution in [3.8, 4) is 0 Å². The lowest BCUT2D eigenvalue weighted by atomic mass is 10.1. The average molecular weight is 319 g/mol. The van der Waals surface area contributed by atoms with Gasteiger partial charge in [0.2, 0.25) is 5.91 Å². The third-order valence-electron chi connectivity index (χ3n) is 2.43. The van der Waals surface area contributed by atoms with Gasteiger partial charge in [-0.2, -0.15) is 0 Å². The zero-order valence-electron chi connectivity index (χ0n) is 9.88. The van der Waals surface area contributed by atoms with Gasteiger partial charge in [-0.25, -0.2) is 0 Å². The largest absolute Gasteiger partial charge is 0.355 e. The van der Waals surface area contributed by atoms with Crippen LogP contribution >= 0.6 is 27.5 Å². The Morgan fingerprint density at radius 2 is 2.18 bits per heavy atom. The Morgan fingerprint density at radius 1 is 1.47 bits per heavy atom. The average Bonchev–Trinajstić information content (AvgIpc) is 2.30. The minimum absolute atomic E-state index is 0.0126. The van der Waals surface area contributed by atoms with E-state index in [2.05, 4.69) is 28.2 Å². The van der Waals surface area contributed by atoms with Gasteiger partial charge >= 0.3 is 0 Å². The van der Waals surface area contributed by atoms with Crippen molar-refractivity contribution in [3.05, 3.63) is 34.9 Å². The van der Waals surface area contributed by atoms with Crippen LogP contribution in [-0.2, 0) is 11.2 Å². The van der Waals surface area contributed by atoms with E-state index in [0.717, 1.165) is 18.4 Å².